The van der Waals surface area contributed by atoms with E-state index in [9.17, 15) is 14.4 Å². The maximum absolute atomic E-state index is 13.0. The van der Waals surface area contributed by atoms with Gasteiger partial charge in [0.25, 0.3) is 11.8 Å². The molecule has 0 fully saturated rings. The third kappa shape index (κ3) is 5.54. The number of benzene rings is 2. The van der Waals surface area contributed by atoms with Crippen LogP contribution in [0.15, 0.2) is 71.3 Å². The minimum absolute atomic E-state index is 0.124. The molecule has 1 atom stereocenters. The standard InChI is InChI=1S/C24H25N3O5/c1-15(2)21(24(30)25-16-10-12-17(31-3)13-11-16)27-22(28)18-7-4-5-8-19(18)26-23(29)20-9-6-14-32-20/h4-15,21H,1-3H3,(H,25,30)(H,26,29)(H,27,28). The first-order chi connectivity index (χ1) is 15.4. The average molecular weight is 435 g/mol. The number of hydrogen-bond donors (Lipinski definition) is 3. The third-order valence-corrected chi connectivity index (χ3v) is 4.76. The molecule has 2 aromatic carbocycles. The van der Waals surface area contributed by atoms with Gasteiger partial charge in [0.2, 0.25) is 5.91 Å². The number of hydrogen-bond acceptors (Lipinski definition) is 5. The van der Waals surface area contributed by atoms with Crippen molar-refractivity contribution in [3.8, 4) is 5.75 Å². The summed E-state index contributed by atoms with van der Waals surface area (Å²) < 4.78 is 10.2. The van der Waals surface area contributed by atoms with Crippen LogP contribution in [0.5, 0.6) is 5.75 Å². The lowest BCUT2D eigenvalue weighted by atomic mass is 10.0. The smallest absolute Gasteiger partial charge is 0.291 e. The first-order valence-electron chi connectivity index (χ1n) is 10.1. The molecule has 3 aromatic rings. The molecule has 0 saturated heterocycles. The number of carbonyl (C=O) groups excluding carboxylic acids is 3. The maximum Gasteiger partial charge on any atom is 0.291 e. The van der Waals surface area contributed by atoms with Gasteiger partial charge in [-0.25, -0.2) is 0 Å². The van der Waals surface area contributed by atoms with Crippen LogP contribution in [0.3, 0.4) is 0 Å². The molecule has 1 heterocycles. The van der Waals surface area contributed by atoms with Crippen LogP contribution in [0.2, 0.25) is 0 Å². The Kier molecular flexibility index (Phi) is 7.28. The van der Waals surface area contributed by atoms with Crippen molar-refractivity contribution in [2.75, 3.05) is 17.7 Å². The molecule has 0 aliphatic rings. The average Bonchev–Trinajstić information content (AvgIpc) is 3.33. The molecule has 3 rings (SSSR count). The molecule has 3 amide bonds. The van der Waals surface area contributed by atoms with Crippen molar-refractivity contribution in [3.05, 3.63) is 78.3 Å². The highest BCUT2D eigenvalue weighted by Crippen LogP contribution is 2.19. The van der Waals surface area contributed by atoms with Crippen molar-refractivity contribution in [3.63, 3.8) is 0 Å². The highest BCUT2D eigenvalue weighted by Gasteiger charge is 2.26. The summed E-state index contributed by atoms with van der Waals surface area (Å²) >= 11 is 0. The normalized spacial score (nSPS) is 11.5. The molecule has 0 spiro atoms. The van der Waals surface area contributed by atoms with E-state index < -0.39 is 17.9 Å². The fourth-order valence-electron chi connectivity index (χ4n) is 3.03. The Morgan fingerprint density at radius 1 is 0.875 bits per heavy atom. The van der Waals surface area contributed by atoms with Crippen LogP contribution in [0, 0.1) is 5.92 Å². The number of para-hydroxylation sites is 1. The van der Waals surface area contributed by atoms with Gasteiger partial charge in [-0.1, -0.05) is 26.0 Å². The Bertz CT molecular complexity index is 1080. The fraction of sp³-hybridized carbons (Fsp3) is 0.208. The number of carbonyl (C=O) groups is 3. The second-order valence-electron chi connectivity index (χ2n) is 7.39. The highest BCUT2D eigenvalue weighted by molar-refractivity contribution is 6.09. The topological polar surface area (TPSA) is 110 Å². The zero-order valence-electron chi connectivity index (χ0n) is 18.0. The summed E-state index contributed by atoms with van der Waals surface area (Å²) in [6, 6.07) is 15.8. The molecule has 1 unspecified atom stereocenters. The lowest BCUT2D eigenvalue weighted by Gasteiger charge is -2.22. The summed E-state index contributed by atoms with van der Waals surface area (Å²) in [5.74, 6) is -0.696. The van der Waals surface area contributed by atoms with E-state index in [-0.39, 0.29) is 23.1 Å². The summed E-state index contributed by atoms with van der Waals surface area (Å²) in [6.45, 7) is 3.67. The molecule has 8 heteroatoms. The Morgan fingerprint density at radius 2 is 1.59 bits per heavy atom. The molecule has 0 aliphatic carbocycles. The molecule has 1 aromatic heterocycles. The highest BCUT2D eigenvalue weighted by atomic mass is 16.5. The maximum atomic E-state index is 13.0. The predicted molar refractivity (Wildman–Crippen MR) is 121 cm³/mol. The lowest BCUT2D eigenvalue weighted by Crippen LogP contribution is -2.47. The fourth-order valence-corrected chi connectivity index (χ4v) is 3.03. The van der Waals surface area contributed by atoms with Gasteiger partial charge in [-0.05, 0) is 54.4 Å². The van der Waals surface area contributed by atoms with Gasteiger partial charge in [-0.15, -0.1) is 0 Å². The molecule has 0 bridgehead atoms. The van der Waals surface area contributed by atoms with Crippen LogP contribution in [-0.2, 0) is 4.79 Å². The number of nitrogens with one attached hydrogen (secondary N) is 3. The van der Waals surface area contributed by atoms with Crippen molar-refractivity contribution < 1.29 is 23.5 Å². The van der Waals surface area contributed by atoms with Gasteiger partial charge in [0.15, 0.2) is 5.76 Å². The third-order valence-electron chi connectivity index (χ3n) is 4.76. The quantitative estimate of drug-likeness (QED) is 0.497. The van der Waals surface area contributed by atoms with E-state index in [0.29, 0.717) is 17.1 Å². The molecular weight excluding hydrogens is 410 g/mol. The molecule has 166 valence electrons. The van der Waals surface area contributed by atoms with E-state index in [2.05, 4.69) is 16.0 Å². The summed E-state index contributed by atoms with van der Waals surface area (Å²) in [4.78, 5) is 38.2. The number of methoxy groups -OCH3 is 1. The second-order valence-corrected chi connectivity index (χ2v) is 7.39. The van der Waals surface area contributed by atoms with Gasteiger partial charge >= 0.3 is 0 Å². The molecule has 0 aliphatic heterocycles. The van der Waals surface area contributed by atoms with Crippen LogP contribution in [-0.4, -0.2) is 30.9 Å². The second kappa shape index (κ2) is 10.3. The summed E-state index contributed by atoms with van der Waals surface area (Å²) in [5, 5.41) is 8.25. The van der Waals surface area contributed by atoms with Crippen LogP contribution >= 0.6 is 0 Å². The SMILES string of the molecule is COc1ccc(NC(=O)C(NC(=O)c2ccccc2NC(=O)c2ccco2)C(C)C)cc1. The van der Waals surface area contributed by atoms with Gasteiger partial charge in [-0.3, -0.25) is 14.4 Å². The van der Waals surface area contributed by atoms with Gasteiger partial charge < -0.3 is 25.1 Å². The summed E-state index contributed by atoms with van der Waals surface area (Å²) in [6.07, 6.45) is 1.39. The molecule has 8 nitrogen and oxygen atoms in total. The van der Waals surface area contributed by atoms with Gasteiger partial charge in [0, 0.05) is 5.69 Å². The minimum Gasteiger partial charge on any atom is -0.497 e. The van der Waals surface area contributed by atoms with E-state index in [4.69, 9.17) is 9.15 Å². The first kappa shape index (κ1) is 22.6. The van der Waals surface area contributed by atoms with E-state index in [1.165, 1.54) is 12.3 Å². The molecular formula is C24H25N3O5. The first-order valence-corrected chi connectivity index (χ1v) is 10.1. The van der Waals surface area contributed by atoms with E-state index >= 15 is 0 Å². The number of anilines is 2. The Labute approximate surface area is 186 Å². The van der Waals surface area contributed by atoms with Crippen molar-refractivity contribution in [1.29, 1.82) is 0 Å². The van der Waals surface area contributed by atoms with Crippen molar-refractivity contribution >= 4 is 29.1 Å². The van der Waals surface area contributed by atoms with Gasteiger partial charge in [0.1, 0.15) is 11.8 Å². The lowest BCUT2D eigenvalue weighted by molar-refractivity contribution is -0.118. The summed E-state index contributed by atoms with van der Waals surface area (Å²) in [5.41, 5.74) is 1.13. The summed E-state index contributed by atoms with van der Waals surface area (Å²) in [7, 11) is 1.56. The van der Waals surface area contributed by atoms with Crippen LogP contribution in [0.1, 0.15) is 34.8 Å². The number of furan rings is 1. The Balaban J connectivity index is 1.73. The van der Waals surface area contributed by atoms with Crippen molar-refractivity contribution in [2.45, 2.75) is 19.9 Å². The minimum atomic E-state index is -0.793. The zero-order chi connectivity index (χ0) is 23.1. The largest absolute Gasteiger partial charge is 0.497 e. The number of amides is 3. The van der Waals surface area contributed by atoms with Crippen molar-refractivity contribution in [1.82, 2.24) is 5.32 Å². The molecule has 3 N–H and O–H groups in total. The zero-order valence-corrected chi connectivity index (χ0v) is 18.0. The predicted octanol–water partition coefficient (Wildman–Crippen LogP) is 3.93. The van der Waals surface area contributed by atoms with Crippen molar-refractivity contribution in [2.24, 2.45) is 5.92 Å². The van der Waals surface area contributed by atoms with Crippen LogP contribution in [0.25, 0.3) is 0 Å². The Morgan fingerprint density at radius 3 is 2.22 bits per heavy atom. The van der Waals surface area contributed by atoms with Gasteiger partial charge in [0.05, 0.1) is 24.6 Å². The van der Waals surface area contributed by atoms with Gasteiger partial charge in [-0.2, -0.15) is 0 Å². The van der Waals surface area contributed by atoms with E-state index in [0.717, 1.165) is 0 Å². The molecule has 0 saturated carbocycles. The number of rotatable bonds is 8. The number of ether oxygens (including phenoxy) is 1. The van der Waals surface area contributed by atoms with Crippen LogP contribution in [0.4, 0.5) is 11.4 Å². The van der Waals surface area contributed by atoms with Crippen LogP contribution < -0.4 is 20.7 Å². The molecule has 32 heavy (non-hydrogen) atoms. The molecule has 0 radical (unpaired) electrons. The van der Waals surface area contributed by atoms with E-state index in [1.807, 2.05) is 13.8 Å². The van der Waals surface area contributed by atoms with E-state index in [1.54, 1.807) is 61.7 Å². The monoisotopic (exact) mass is 435 g/mol. The Hall–Kier alpha value is -4.07.